The van der Waals surface area contributed by atoms with Crippen LogP contribution >= 0.6 is 0 Å². The van der Waals surface area contributed by atoms with Gasteiger partial charge in [0.2, 0.25) is 5.91 Å². The highest BCUT2D eigenvalue weighted by atomic mass is 16.2. The highest BCUT2D eigenvalue weighted by Crippen LogP contribution is 2.19. The molecule has 4 nitrogen and oxygen atoms in total. The summed E-state index contributed by atoms with van der Waals surface area (Å²) in [5.74, 6) is 0.0188. The molecule has 0 heterocycles. The summed E-state index contributed by atoms with van der Waals surface area (Å²) in [6, 6.07) is 17.7. The van der Waals surface area contributed by atoms with Crippen molar-refractivity contribution >= 4 is 11.8 Å². The molecule has 1 aliphatic carbocycles. The lowest BCUT2D eigenvalue weighted by atomic mass is 10.1. The average molecular weight is 322 g/mol. The van der Waals surface area contributed by atoms with E-state index in [0.29, 0.717) is 24.6 Å². The minimum Gasteiger partial charge on any atom is -0.352 e. The zero-order chi connectivity index (χ0) is 16.8. The average Bonchev–Trinajstić information content (AvgIpc) is 3.43. The summed E-state index contributed by atoms with van der Waals surface area (Å²) in [6.45, 7) is 0.484. The minimum absolute atomic E-state index is 0.0176. The molecule has 24 heavy (non-hydrogen) atoms. The van der Waals surface area contributed by atoms with Gasteiger partial charge in [-0.25, -0.2) is 0 Å². The quantitative estimate of drug-likeness (QED) is 0.823. The molecular weight excluding hydrogens is 300 g/mol. The van der Waals surface area contributed by atoms with E-state index in [1.807, 2.05) is 54.6 Å². The highest BCUT2D eigenvalue weighted by molar-refractivity contribution is 5.94. The Balaban J connectivity index is 1.42. The number of carbonyl (C=O) groups excluding carboxylic acids is 2. The largest absolute Gasteiger partial charge is 0.352 e. The number of nitrogens with one attached hydrogen (secondary N) is 2. The van der Waals surface area contributed by atoms with Crippen LogP contribution in [0.2, 0.25) is 0 Å². The summed E-state index contributed by atoms with van der Waals surface area (Å²) in [5, 5.41) is 5.88. The second-order valence-electron chi connectivity index (χ2n) is 6.21. The van der Waals surface area contributed by atoms with E-state index in [1.165, 1.54) is 5.56 Å². The molecule has 2 N–H and O–H groups in total. The van der Waals surface area contributed by atoms with Crippen molar-refractivity contribution in [3.8, 4) is 0 Å². The smallest absolute Gasteiger partial charge is 0.251 e. The van der Waals surface area contributed by atoms with E-state index >= 15 is 0 Å². The Bertz CT molecular complexity index is 691. The molecule has 0 saturated heterocycles. The van der Waals surface area contributed by atoms with E-state index in [1.54, 1.807) is 0 Å². The molecule has 0 aromatic heterocycles. The predicted octanol–water partition coefficient (Wildman–Crippen LogP) is 2.83. The lowest BCUT2D eigenvalue weighted by Crippen LogP contribution is -2.25. The molecule has 0 spiro atoms. The number of benzene rings is 2. The van der Waals surface area contributed by atoms with Crippen LogP contribution < -0.4 is 10.6 Å². The molecule has 0 radical (unpaired) electrons. The SMILES string of the molecule is O=C(CCc1ccccc1)NCc1ccc(C(=O)NC2CC2)cc1. The fourth-order valence-corrected chi connectivity index (χ4v) is 2.46. The maximum Gasteiger partial charge on any atom is 0.251 e. The molecule has 124 valence electrons. The normalized spacial score (nSPS) is 13.3. The molecule has 1 saturated carbocycles. The van der Waals surface area contributed by atoms with E-state index < -0.39 is 0 Å². The molecule has 3 rings (SSSR count). The van der Waals surface area contributed by atoms with Gasteiger partial charge in [0, 0.05) is 24.6 Å². The van der Waals surface area contributed by atoms with E-state index in [4.69, 9.17) is 0 Å². The first-order chi connectivity index (χ1) is 11.7. The van der Waals surface area contributed by atoms with E-state index in [0.717, 1.165) is 24.8 Å². The third-order valence-corrected chi connectivity index (χ3v) is 4.10. The third-order valence-electron chi connectivity index (χ3n) is 4.10. The van der Waals surface area contributed by atoms with Crippen LogP contribution in [-0.2, 0) is 17.8 Å². The van der Waals surface area contributed by atoms with Crippen molar-refractivity contribution in [2.45, 2.75) is 38.3 Å². The number of amides is 2. The summed E-state index contributed by atoms with van der Waals surface area (Å²) in [5.41, 5.74) is 2.82. The first-order valence-electron chi connectivity index (χ1n) is 8.41. The Morgan fingerprint density at radius 3 is 2.29 bits per heavy atom. The highest BCUT2D eigenvalue weighted by Gasteiger charge is 2.23. The second kappa shape index (κ2) is 7.77. The Hall–Kier alpha value is -2.62. The number of carbonyl (C=O) groups is 2. The van der Waals surface area contributed by atoms with Gasteiger partial charge in [-0.1, -0.05) is 42.5 Å². The van der Waals surface area contributed by atoms with E-state index in [-0.39, 0.29) is 11.8 Å². The number of aryl methyl sites for hydroxylation is 1. The van der Waals surface area contributed by atoms with Gasteiger partial charge < -0.3 is 10.6 Å². The van der Waals surface area contributed by atoms with Gasteiger partial charge in [-0.2, -0.15) is 0 Å². The van der Waals surface area contributed by atoms with Crippen LogP contribution in [0.25, 0.3) is 0 Å². The van der Waals surface area contributed by atoms with Gasteiger partial charge in [0.05, 0.1) is 0 Å². The van der Waals surface area contributed by atoms with Crippen molar-refractivity contribution in [3.63, 3.8) is 0 Å². The number of rotatable bonds is 7. The maximum absolute atomic E-state index is 11.9. The monoisotopic (exact) mass is 322 g/mol. The molecule has 4 heteroatoms. The van der Waals surface area contributed by atoms with Crippen LogP contribution in [0.15, 0.2) is 54.6 Å². The van der Waals surface area contributed by atoms with Crippen molar-refractivity contribution in [2.75, 3.05) is 0 Å². The second-order valence-corrected chi connectivity index (χ2v) is 6.21. The fourth-order valence-electron chi connectivity index (χ4n) is 2.46. The molecular formula is C20H22N2O2. The standard InChI is InChI=1S/C20H22N2O2/c23-19(13-8-15-4-2-1-3-5-15)21-14-16-6-9-17(10-7-16)20(24)22-18-11-12-18/h1-7,9-10,18H,8,11-14H2,(H,21,23)(H,22,24). The third kappa shape index (κ3) is 4.95. The summed E-state index contributed by atoms with van der Waals surface area (Å²) < 4.78 is 0. The van der Waals surface area contributed by atoms with Crippen molar-refractivity contribution in [1.82, 2.24) is 10.6 Å². The van der Waals surface area contributed by atoms with Gasteiger partial charge in [-0.3, -0.25) is 9.59 Å². The molecule has 1 fully saturated rings. The van der Waals surface area contributed by atoms with Gasteiger partial charge in [0.25, 0.3) is 5.91 Å². The molecule has 2 aromatic carbocycles. The summed E-state index contributed by atoms with van der Waals surface area (Å²) >= 11 is 0. The molecule has 0 atom stereocenters. The molecule has 2 aromatic rings. The predicted molar refractivity (Wildman–Crippen MR) is 93.5 cm³/mol. The van der Waals surface area contributed by atoms with Gasteiger partial charge >= 0.3 is 0 Å². The lowest BCUT2D eigenvalue weighted by Gasteiger charge is -2.07. The van der Waals surface area contributed by atoms with Crippen molar-refractivity contribution in [2.24, 2.45) is 0 Å². The molecule has 0 aliphatic heterocycles. The summed E-state index contributed by atoms with van der Waals surface area (Å²) in [7, 11) is 0. The van der Waals surface area contributed by atoms with Crippen LogP contribution in [0.1, 0.15) is 40.7 Å². The lowest BCUT2D eigenvalue weighted by molar-refractivity contribution is -0.121. The Kier molecular flexibility index (Phi) is 5.26. The topological polar surface area (TPSA) is 58.2 Å². The molecule has 0 bridgehead atoms. The zero-order valence-electron chi connectivity index (χ0n) is 13.6. The first kappa shape index (κ1) is 16.2. The Morgan fingerprint density at radius 1 is 0.917 bits per heavy atom. The summed E-state index contributed by atoms with van der Waals surface area (Å²) in [6.07, 6.45) is 3.39. The number of hydrogen-bond acceptors (Lipinski definition) is 2. The fraction of sp³-hybridized carbons (Fsp3) is 0.300. The van der Waals surface area contributed by atoms with Crippen LogP contribution in [0.5, 0.6) is 0 Å². The summed E-state index contributed by atoms with van der Waals surface area (Å²) in [4.78, 5) is 23.8. The molecule has 2 amide bonds. The Labute approximate surface area is 142 Å². The first-order valence-corrected chi connectivity index (χ1v) is 8.41. The van der Waals surface area contributed by atoms with Crippen molar-refractivity contribution < 1.29 is 9.59 Å². The van der Waals surface area contributed by atoms with Crippen LogP contribution in [0.4, 0.5) is 0 Å². The van der Waals surface area contributed by atoms with E-state index in [9.17, 15) is 9.59 Å². The Morgan fingerprint density at radius 2 is 1.62 bits per heavy atom. The van der Waals surface area contributed by atoms with Gasteiger partial charge in [0.15, 0.2) is 0 Å². The van der Waals surface area contributed by atoms with Crippen LogP contribution in [0, 0.1) is 0 Å². The van der Waals surface area contributed by atoms with E-state index in [2.05, 4.69) is 10.6 Å². The van der Waals surface area contributed by atoms with Gasteiger partial charge in [0.1, 0.15) is 0 Å². The minimum atomic E-state index is -0.0176. The van der Waals surface area contributed by atoms with Crippen molar-refractivity contribution in [3.05, 3.63) is 71.3 Å². The van der Waals surface area contributed by atoms with Crippen LogP contribution in [0.3, 0.4) is 0 Å². The molecule has 0 unspecified atom stereocenters. The molecule has 1 aliphatic rings. The maximum atomic E-state index is 11.9. The van der Waals surface area contributed by atoms with Crippen molar-refractivity contribution in [1.29, 1.82) is 0 Å². The zero-order valence-corrected chi connectivity index (χ0v) is 13.6. The van der Waals surface area contributed by atoms with Gasteiger partial charge in [-0.05, 0) is 42.5 Å². The van der Waals surface area contributed by atoms with Crippen LogP contribution in [-0.4, -0.2) is 17.9 Å². The van der Waals surface area contributed by atoms with Gasteiger partial charge in [-0.15, -0.1) is 0 Å². The number of hydrogen-bond donors (Lipinski definition) is 2.